The van der Waals surface area contributed by atoms with Gasteiger partial charge in [0.1, 0.15) is 0 Å². The summed E-state index contributed by atoms with van der Waals surface area (Å²) in [6.45, 7) is 21.3. The van der Waals surface area contributed by atoms with E-state index in [0.29, 0.717) is 0 Å². The second-order valence-corrected chi connectivity index (χ2v) is 17.5. The van der Waals surface area contributed by atoms with Crippen molar-refractivity contribution in [2.75, 3.05) is 6.61 Å². The summed E-state index contributed by atoms with van der Waals surface area (Å²) in [5.74, 6) is 0. The molecule has 5 nitrogen and oxygen atoms in total. The SMILES string of the molecule is CCCCCCCCCCCCCCCCCCOP(OC1CC(C)(C)NC(C)(C)C1)OC1CC(C)(C)NC(C)(C)C1. The van der Waals surface area contributed by atoms with E-state index in [9.17, 15) is 0 Å². The first-order valence-corrected chi connectivity index (χ1v) is 19.2. The average molecular weight is 613 g/mol. The molecule has 2 heterocycles. The maximum Gasteiger partial charge on any atom is 0.333 e. The van der Waals surface area contributed by atoms with Crippen molar-refractivity contribution in [1.82, 2.24) is 10.6 Å². The molecular weight excluding hydrogens is 539 g/mol. The molecule has 0 aromatic rings. The summed E-state index contributed by atoms with van der Waals surface area (Å²) in [4.78, 5) is 0. The van der Waals surface area contributed by atoms with Crippen LogP contribution in [0.5, 0.6) is 0 Å². The van der Waals surface area contributed by atoms with E-state index in [1.165, 1.54) is 96.3 Å². The molecule has 0 aromatic carbocycles. The third-order valence-corrected chi connectivity index (χ3v) is 10.3. The van der Waals surface area contributed by atoms with Crippen LogP contribution < -0.4 is 10.6 Å². The summed E-state index contributed by atoms with van der Waals surface area (Å²) in [6, 6.07) is 0. The molecule has 2 aliphatic heterocycles. The van der Waals surface area contributed by atoms with Gasteiger partial charge in [-0.3, -0.25) is 0 Å². The van der Waals surface area contributed by atoms with E-state index in [1.807, 2.05) is 0 Å². The van der Waals surface area contributed by atoms with Crippen LogP contribution in [-0.2, 0) is 13.6 Å². The highest BCUT2D eigenvalue weighted by molar-refractivity contribution is 7.41. The van der Waals surface area contributed by atoms with Gasteiger partial charge in [0, 0.05) is 22.2 Å². The largest absolute Gasteiger partial charge is 0.333 e. The Morgan fingerprint density at radius 2 is 0.762 bits per heavy atom. The number of hydrogen-bond donors (Lipinski definition) is 2. The Balaban J connectivity index is 1.66. The van der Waals surface area contributed by atoms with E-state index in [2.05, 4.69) is 72.9 Å². The van der Waals surface area contributed by atoms with Crippen molar-refractivity contribution >= 4 is 8.60 Å². The Morgan fingerprint density at radius 3 is 1.07 bits per heavy atom. The van der Waals surface area contributed by atoms with Crippen LogP contribution in [0, 0.1) is 0 Å². The minimum Gasteiger partial charge on any atom is -0.312 e. The third kappa shape index (κ3) is 17.6. The Morgan fingerprint density at radius 1 is 0.476 bits per heavy atom. The molecule has 0 radical (unpaired) electrons. The summed E-state index contributed by atoms with van der Waals surface area (Å²) in [5.41, 5.74) is 0.167. The highest BCUT2D eigenvalue weighted by Crippen LogP contribution is 2.48. The lowest BCUT2D eigenvalue weighted by molar-refractivity contribution is 0.00355. The monoisotopic (exact) mass is 613 g/mol. The van der Waals surface area contributed by atoms with Crippen LogP contribution in [0.15, 0.2) is 0 Å². The molecule has 2 saturated heterocycles. The number of unbranched alkanes of at least 4 members (excludes halogenated alkanes) is 15. The van der Waals surface area contributed by atoms with E-state index in [-0.39, 0.29) is 34.4 Å². The zero-order valence-electron chi connectivity index (χ0n) is 29.7. The van der Waals surface area contributed by atoms with Crippen molar-refractivity contribution in [3.05, 3.63) is 0 Å². The van der Waals surface area contributed by atoms with E-state index < -0.39 is 8.60 Å². The third-order valence-electron chi connectivity index (χ3n) is 8.97. The smallest absolute Gasteiger partial charge is 0.312 e. The lowest BCUT2D eigenvalue weighted by atomic mass is 9.81. The maximum atomic E-state index is 6.69. The van der Waals surface area contributed by atoms with Crippen LogP contribution in [0.2, 0.25) is 0 Å². The predicted octanol–water partition coefficient (Wildman–Crippen LogP) is 11.1. The summed E-state index contributed by atoms with van der Waals surface area (Å²) in [6.07, 6.45) is 26.3. The van der Waals surface area contributed by atoms with Crippen LogP contribution in [-0.4, -0.2) is 41.0 Å². The van der Waals surface area contributed by atoms with Gasteiger partial charge >= 0.3 is 8.60 Å². The lowest BCUT2D eigenvalue weighted by Gasteiger charge is -2.48. The summed E-state index contributed by atoms with van der Waals surface area (Å²) in [7, 11) is -1.37. The fourth-order valence-electron chi connectivity index (χ4n) is 7.72. The molecular formula is C36H73N2O3P. The van der Waals surface area contributed by atoms with Crippen LogP contribution in [0.4, 0.5) is 0 Å². The van der Waals surface area contributed by atoms with Gasteiger partial charge in [-0.05, 0) is 87.5 Å². The Bertz CT molecular complexity index is 640. The summed E-state index contributed by atoms with van der Waals surface area (Å²) >= 11 is 0. The van der Waals surface area contributed by atoms with Gasteiger partial charge in [-0.15, -0.1) is 0 Å². The highest BCUT2D eigenvalue weighted by Gasteiger charge is 2.42. The molecule has 6 heteroatoms. The number of nitrogens with one attached hydrogen (secondary N) is 2. The molecule has 0 bridgehead atoms. The van der Waals surface area contributed by atoms with Crippen LogP contribution in [0.3, 0.4) is 0 Å². The number of rotatable bonds is 22. The predicted molar refractivity (Wildman–Crippen MR) is 183 cm³/mol. The molecule has 250 valence electrons. The Labute approximate surface area is 264 Å². The van der Waals surface area contributed by atoms with Gasteiger partial charge in [-0.1, -0.05) is 103 Å². The first kappa shape index (κ1) is 38.4. The molecule has 0 spiro atoms. The molecule has 2 aliphatic rings. The molecule has 0 unspecified atom stereocenters. The van der Waals surface area contributed by atoms with E-state index in [1.54, 1.807) is 0 Å². The zero-order valence-corrected chi connectivity index (χ0v) is 30.6. The van der Waals surface area contributed by atoms with Gasteiger partial charge in [-0.25, -0.2) is 0 Å². The molecule has 42 heavy (non-hydrogen) atoms. The summed E-state index contributed by atoms with van der Waals surface area (Å²) in [5, 5.41) is 7.56. The normalized spacial score (nSPS) is 22.1. The number of hydrogen-bond acceptors (Lipinski definition) is 5. The highest BCUT2D eigenvalue weighted by atomic mass is 31.2. The van der Waals surface area contributed by atoms with Crippen molar-refractivity contribution in [1.29, 1.82) is 0 Å². The van der Waals surface area contributed by atoms with Gasteiger partial charge in [0.05, 0.1) is 18.8 Å². The van der Waals surface area contributed by atoms with Crippen molar-refractivity contribution < 1.29 is 13.6 Å². The standard InChI is InChI=1S/C36H73N2O3P/c1-10-11-12-13-14-15-16-17-18-19-20-21-22-23-24-25-26-39-42(40-31-27-33(2,3)37-34(4,5)28-31)41-32-29-35(6,7)38-36(8,9)30-32/h31-32,37-38H,10-30H2,1-9H3. The molecule has 0 amide bonds. The average Bonchev–Trinajstić information content (AvgIpc) is 2.82. The lowest BCUT2D eigenvalue weighted by Crippen LogP contribution is -2.59. The van der Waals surface area contributed by atoms with Gasteiger partial charge in [0.2, 0.25) is 0 Å². The molecule has 2 rings (SSSR count). The first-order chi connectivity index (χ1) is 19.7. The second-order valence-electron chi connectivity index (χ2n) is 16.4. The van der Waals surface area contributed by atoms with Crippen LogP contribution >= 0.6 is 8.60 Å². The zero-order chi connectivity index (χ0) is 31.1. The van der Waals surface area contributed by atoms with E-state index >= 15 is 0 Å². The van der Waals surface area contributed by atoms with E-state index in [4.69, 9.17) is 13.6 Å². The molecule has 0 aliphatic carbocycles. The molecule has 0 aromatic heterocycles. The first-order valence-electron chi connectivity index (χ1n) is 18.1. The van der Waals surface area contributed by atoms with E-state index in [0.717, 1.165) is 38.7 Å². The van der Waals surface area contributed by atoms with Crippen molar-refractivity contribution in [2.45, 2.75) is 225 Å². The Kier molecular flexibility index (Phi) is 17.4. The van der Waals surface area contributed by atoms with Gasteiger partial charge in [0.15, 0.2) is 0 Å². The fourth-order valence-corrected chi connectivity index (χ4v) is 8.96. The second kappa shape index (κ2) is 19.0. The van der Waals surface area contributed by atoms with Crippen LogP contribution in [0.25, 0.3) is 0 Å². The maximum absolute atomic E-state index is 6.69. The molecule has 2 N–H and O–H groups in total. The topological polar surface area (TPSA) is 51.8 Å². The Hall–Kier alpha value is 0.230. The number of piperidine rings is 2. The van der Waals surface area contributed by atoms with Crippen molar-refractivity contribution in [3.63, 3.8) is 0 Å². The van der Waals surface area contributed by atoms with Gasteiger partial charge < -0.3 is 24.2 Å². The minimum absolute atomic E-state index is 0.0417. The quantitative estimate of drug-likeness (QED) is 0.0941. The molecule has 2 fully saturated rings. The van der Waals surface area contributed by atoms with Gasteiger partial charge in [0.25, 0.3) is 0 Å². The van der Waals surface area contributed by atoms with Gasteiger partial charge in [-0.2, -0.15) is 0 Å². The molecule has 0 saturated carbocycles. The van der Waals surface area contributed by atoms with Crippen LogP contribution in [0.1, 0.15) is 191 Å². The van der Waals surface area contributed by atoms with Crippen molar-refractivity contribution in [3.8, 4) is 0 Å². The molecule has 0 atom stereocenters. The fraction of sp³-hybridized carbons (Fsp3) is 1.00. The van der Waals surface area contributed by atoms with Crippen molar-refractivity contribution in [2.24, 2.45) is 0 Å². The summed E-state index contributed by atoms with van der Waals surface area (Å²) < 4.78 is 19.8. The minimum atomic E-state index is -1.37.